The molecule has 0 unspecified atom stereocenters. The third-order valence-corrected chi connectivity index (χ3v) is 7.74. The Balaban J connectivity index is 1.46. The first-order valence-corrected chi connectivity index (χ1v) is 11.9. The molecule has 0 atom stereocenters. The molecular formula is C21H20F3N3O2S2. The molecular weight excluding hydrogens is 447 g/mol. The Bertz CT molecular complexity index is 1210. The third kappa shape index (κ3) is 4.76. The highest BCUT2D eigenvalue weighted by Crippen LogP contribution is 2.38. The van der Waals surface area contributed by atoms with E-state index in [0.717, 1.165) is 17.2 Å². The van der Waals surface area contributed by atoms with E-state index in [1.807, 2.05) is 36.1 Å². The van der Waals surface area contributed by atoms with Gasteiger partial charge in [0.1, 0.15) is 0 Å². The Morgan fingerprint density at radius 1 is 1.03 bits per heavy atom. The van der Waals surface area contributed by atoms with Crippen molar-refractivity contribution in [1.29, 1.82) is 0 Å². The van der Waals surface area contributed by atoms with Gasteiger partial charge in [0, 0.05) is 31.6 Å². The second kappa shape index (κ2) is 8.25. The summed E-state index contributed by atoms with van der Waals surface area (Å²) >= 11 is 1.18. The summed E-state index contributed by atoms with van der Waals surface area (Å²) in [4.78, 5) is 6.05. The van der Waals surface area contributed by atoms with Crippen LogP contribution in [-0.2, 0) is 16.2 Å². The molecule has 4 rings (SSSR count). The van der Waals surface area contributed by atoms with Crippen molar-refractivity contribution in [2.75, 3.05) is 31.1 Å². The van der Waals surface area contributed by atoms with Gasteiger partial charge < -0.3 is 4.90 Å². The van der Waals surface area contributed by atoms with Gasteiger partial charge in [-0.25, -0.2) is 13.4 Å². The lowest BCUT2D eigenvalue weighted by Gasteiger charge is -2.33. The summed E-state index contributed by atoms with van der Waals surface area (Å²) in [6.45, 7) is 3.15. The largest absolute Gasteiger partial charge is 0.418 e. The van der Waals surface area contributed by atoms with E-state index in [1.165, 1.54) is 27.1 Å². The number of benzene rings is 2. The molecule has 1 aliphatic heterocycles. The second-order valence-electron chi connectivity index (χ2n) is 7.29. The first-order valence-electron chi connectivity index (χ1n) is 9.60. The lowest BCUT2D eigenvalue weighted by molar-refractivity contribution is -0.136. The molecule has 2 aromatic carbocycles. The molecule has 0 N–H and O–H groups in total. The van der Waals surface area contributed by atoms with Crippen LogP contribution in [0.4, 0.5) is 18.3 Å². The van der Waals surface area contributed by atoms with Gasteiger partial charge in [-0.1, -0.05) is 47.2 Å². The molecule has 1 aliphatic rings. The fourth-order valence-electron chi connectivity index (χ4n) is 3.36. The summed E-state index contributed by atoms with van der Waals surface area (Å²) < 4.78 is 66.8. The van der Waals surface area contributed by atoms with Crippen molar-refractivity contribution in [2.24, 2.45) is 0 Å². The standard InChI is InChI=1S/C21H20F3N3O2S2/c1-15-5-7-16(8-6-15)9-14-31(28,29)27-12-10-26(11-13-27)20-25-19-17(21(22,23)24)3-2-4-18(19)30-20/h2-9,14H,10-13H2,1H3/b14-9+. The van der Waals surface area contributed by atoms with Gasteiger partial charge in [-0.05, 0) is 30.7 Å². The quantitative estimate of drug-likeness (QED) is 0.556. The topological polar surface area (TPSA) is 53.5 Å². The van der Waals surface area contributed by atoms with Crippen LogP contribution in [0, 0.1) is 6.92 Å². The van der Waals surface area contributed by atoms with Crippen LogP contribution < -0.4 is 4.90 Å². The molecule has 0 bridgehead atoms. The molecule has 1 saturated heterocycles. The molecule has 3 aromatic rings. The van der Waals surface area contributed by atoms with E-state index in [4.69, 9.17) is 0 Å². The van der Waals surface area contributed by atoms with Crippen LogP contribution in [0.15, 0.2) is 47.9 Å². The molecule has 0 amide bonds. The average molecular weight is 468 g/mol. The van der Waals surface area contributed by atoms with Gasteiger partial charge in [0.2, 0.25) is 10.0 Å². The van der Waals surface area contributed by atoms with Crippen LogP contribution in [0.25, 0.3) is 16.3 Å². The number of nitrogens with zero attached hydrogens (tertiary/aromatic N) is 3. The van der Waals surface area contributed by atoms with Gasteiger partial charge in [0.15, 0.2) is 5.13 Å². The summed E-state index contributed by atoms with van der Waals surface area (Å²) in [5.74, 6) is 0. The van der Waals surface area contributed by atoms with E-state index in [0.29, 0.717) is 22.9 Å². The Morgan fingerprint density at radius 2 is 1.71 bits per heavy atom. The number of thiazole rings is 1. The molecule has 0 spiro atoms. The molecule has 1 fully saturated rings. The van der Waals surface area contributed by atoms with Crippen molar-refractivity contribution in [3.63, 3.8) is 0 Å². The number of sulfonamides is 1. The Labute approximate surface area is 182 Å². The van der Waals surface area contributed by atoms with Crippen molar-refractivity contribution >= 4 is 42.8 Å². The van der Waals surface area contributed by atoms with Gasteiger partial charge in [-0.3, -0.25) is 0 Å². The summed E-state index contributed by atoms with van der Waals surface area (Å²) in [6, 6.07) is 11.5. The zero-order valence-electron chi connectivity index (χ0n) is 16.6. The lowest BCUT2D eigenvalue weighted by Crippen LogP contribution is -2.48. The molecule has 10 heteroatoms. The average Bonchev–Trinajstić information content (AvgIpc) is 3.17. The van der Waals surface area contributed by atoms with Crippen LogP contribution in [0.5, 0.6) is 0 Å². The van der Waals surface area contributed by atoms with E-state index in [1.54, 1.807) is 12.1 Å². The minimum atomic E-state index is -4.47. The van der Waals surface area contributed by atoms with Gasteiger partial charge in [0.05, 0.1) is 15.8 Å². The van der Waals surface area contributed by atoms with E-state index in [-0.39, 0.29) is 18.6 Å². The molecule has 1 aromatic heterocycles. The Morgan fingerprint density at radius 3 is 2.35 bits per heavy atom. The van der Waals surface area contributed by atoms with Crippen molar-refractivity contribution in [2.45, 2.75) is 13.1 Å². The highest BCUT2D eigenvalue weighted by atomic mass is 32.2. The summed E-state index contributed by atoms with van der Waals surface area (Å²) in [7, 11) is -3.59. The Hall–Kier alpha value is -2.43. The molecule has 0 radical (unpaired) electrons. The highest BCUT2D eigenvalue weighted by molar-refractivity contribution is 7.92. The summed E-state index contributed by atoms with van der Waals surface area (Å²) in [6.07, 6.45) is -2.91. The molecule has 2 heterocycles. The highest BCUT2D eigenvalue weighted by Gasteiger charge is 2.34. The van der Waals surface area contributed by atoms with E-state index >= 15 is 0 Å². The number of aromatic nitrogens is 1. The number of anilines is 1. The molecule has 0 aliphatic carbocycles. The fourth-order valence-corrected chi connectivity index (χ4v) is 5.58. The number of halogens is 3. The fraction of sp³-hybridized carbons (Fsp3) is 0.286. The molecule has 31 heavy (non-hydrogen) atoms. The maximum atomic E-state index is 13.2. The van der Waals surface area contributed by atoms with Crippen molar-refractivity contribution in [3.05, 3.63) is 64.6 Å². The van der Waals surface area contributed by atoms with Gasteiger partial charge in [-0.2, -0.15) is 17.5 Å². The SMILES string of the molecule is Cc1ccc(/C=C/S(=O)(=O)N2CCN(c3nc4c(C(F)(F)F)cccc4s3)CC2)cc1. The first-order chi connectivity index (χ1) is 14.6. The summed E-state index contributed by atoms with van der Waals surface area (Å²) in [5.41, 5.74) is 1.07. The zero-order chi connectivity index (χ0) is 22.2. The number of alkyl halides is 3. The predicted octanol–water partition coefficient (Wildman–Crippen LogP) is 4.75. The second-order valence-corrected chi connectivity index (χ2v) is 10.1. The lowest BCUT2D eigenvalue weighted by atomic mass is 10.2. The number of hydrogen-bond acceptors (Lipinski definition) is 5. The number of para-hydroxylation sites is 1. The Kier molecular flexibility index (Phi) is 5.80. The monoisotopic (exact) mass is 467 g/mol. The van der Waals surface area contributed by atoms with E-state index in [9.17, 15) is 21.6 Å². The van der Waals surface area contributed by atoms with Crippen LogP contribution in [0.1, 0.15) is 16.7 Å². The van der Waals surface area contributed by atoms with E-state index < -0.39 is 21.8 Å². The zero-order valence-corrected chi connectivity index (χ0v) is 18.3. The number of piperazine rings is 1. The molecule has 164 valence electrons. The van der Waals surface area contributed by atoms with Crippen molar-refractivity contribution in [3.8, 4) is 0 Å². The first kappa shape index (κ1) is 21.8. The van der Waals surface area contributed by atoms with Crippen LogP contribution in [-0.4, -0.2) is 43.9 Å². The number of aryl methyl sites for hydroxylation is 1. The normalized spacial score (nSPS) is 16.5. The number of fused-ring (bicyclic) bond motifs is 1. The minimum Gasteiger partial charge on any atom is -0.345 e. The molecule has 5 nitrogen and oxygen atoms in total. The van der Waals surface area contributed by atoms with Crippen molar-refractivity contribution < 1.29 is 21.6 Å². The van der Waals surface area contributed by atoms with Gasteiger partial charge in [-0.15, -0.1) is 0 Å². The summed E-state index contributed by atoms with van der Waals surface area (Å²) in [5, 5.41) is 1.67. The smallest absolute Gasteiger partial charge is 0.345 e. The van der Waals surface area contributed by atoms with Crippen molar-refractivity contribution in [1.82, 2.24) is 9.29 Å². The van der Waals surface area contributed by atoms with Gasteiger partial charge >= 0.3 is 6.18 Å². The number of rotatable bonds is 4. The minimum absolute atomic E-state index is 0.0638. The maximum absolute atomic E-state index is 13.2. The maximum Gasteiger partial charge on any atom is 0.418 e. The third-order valence-electron chi connectivity index (χ3n) is 5.09. The van der Waals surface area contributed by atoms with Crippen LogP contribution in [0.2, 0.25) is 0 Å². The number of hydrogen-bond donors (Lipinski definition) is 0. The molecule has 0 saturated carbocycles. The van der Waals surface area contributed by atoms with Crippen LogP contribution >= 0.6 is 11.3 Å². The van der Waals surface area contributed by atoms with Gasteiger partial charge in [0.25, 0.3) is 0 Å². The predicted molar refractivity (Wildman–Crippen MR) is 118 cm³/mol. The van der Waals surface area contributed by atoms with E-state index in [2.05, 4.69) is 4.98 Å². The van der Waals surface area contributed by atoms with Crippen LogP contribution in [0.3, 0.4) is 0 Å².